The SMILES string of the molecule is CCNC(=NCc1cccc(OCC)c1OC(F)F)NCCOCC1CC1. The topological polar surface area (TPSA) is 64.1 Å². The summed E-state index contributed by atoms with van der Waals surface area (Å²) in [4.78, 5) is 4.46. The minimum Gasteiger partial charge on any atom is -0.490 e. The van der Waals surface area contributed by atoms with Gasteiger partial charge in [-0.3, -0.25) is 0 Å². The smallest absolute Gasteiger partial charge is 0.387 e. The number of aliphatic imine (C=N–C) groups is 1. The average Bonchev–Trinajstić information content (AvgIpc) is 3.45. The van der Waals surface area contributed by atoms with Gasteiger partial charge in [0.1, 0.15) is 0 Å². The van der Waals surface area contributed by atoms with Gasteiger partial charge in [-0.1, -0.05) is 12.1 Å². The Morgan fingerprint density at radius 1 is 1.26 bits per heavy atom. The molecule has 0 heterocycles. The van der Waals surface area contributed by atoms with Crippen LogP contribution in [0.3, 0.4) is 0 Å². The van der Waals surface area contributed by atoms with Gasteiger partial charge in [-0.05, 0) is 38.7 Å². The molecule has 1 saturated carbocycles. The zero-order valence-electron chi connectivity index (χ0n) is 16.0. The van der Waals surface area contributed by atoms with Gasteiger partial charge in [-0.25, -0.2) is 4.99 Å². The molecule has 0 aliphatic heterocycles. The predicted octanol–water partition coefficient (Wildman–Crippen LogP) is 3.17. The normalized spacial score (nSPS) is 14.3. The number of benzene rings is 1. The van der Waals surface area contributed by atoms with Gasteiger partial charge in [-0.15, -0.1) is 0 Å². The Morgan fingerprint density at radius 3 is 2.74 bits per heavy atom. The minimum atomic E-state index is -2.93. The molecule has 1 aromatic carbocycles. The number of hydrogen-bond donors (Lipinski definition) is 2. The van der Waals surface area contributed by atoms with E-state index >= 15 is 0 Å². The standard InChI is InChI=1S/C19H29F2N3O3/c1-3-22-19(23-10-11-25-13-14-8-9-14)24-12-15-6-5-7-16(26-4-2)17(15)27-18(20)21/h5-7,14,18H,3-4,8-13H2,1-2H3,(H2,22,23,24). The molecule has 8 heteroatoms. The summed E-state index contributed by atoms with van der Waals surface area (Å²) in [7, 11) is 0. The molecular formula is C19H29F2N3O3. The van der Waals surface area contributed by atoms with Crippen LogP contribution in [-0.2, 0) is 11.3 Å². The molecule has 1 aliphatic carbocycles. The van der Waals surface area contributed by atoms with E-state index < -0.39 is 6.61 Å². The molecule has 1 aliphatic rings. The molecular weight excluding hydrogens is 356 g/mol. The number of rotatable bonds is 12. The van der Waals surface area contributed by atoms with E-state index in [4.69, 9.17) is 9.47 Å². The Labute approximate surface area is 159 Å². The maximum Gasteiger partial charge on any atom is 0.387 e. The number of para-hydroxylation sites is 1. The lowest BCUT2D eigenvalue weighted by Crippen LogP contribution is -2.39. The molecule has 0 unspecified atom stereocenters. The molecule has 0 atom stereocenters. The van der Waals surface area contributed by atoms with E-state index in [0.29, 0.717) is 37.8 Å². The second kappa shape index (κ2) is 11.6. The third-order valence-electron chi connectivity index (χ3n) is 3.91. The van der Waals surface area contributed by atoms with Crippen LogP contribution in [0.5, 0.6) is 11.5 Å². The van der Waals surface area contributed by atoms with Crippen molar-refractivity contribution in [2.45, 2.75) is 39.8 Å². The Balaban J connectivity index is 1.96. The predicted molar refractivity (Wildman–Crippen MR) is 101 cm³/mol. The number of hydrogen-bond acceptors (Lipinski definition) is 4. The van der Waals surface area contributed by atoms with Crippen molar-refractivity contribution in [3.63, 3.8) is 0 Å². The van der Waals surface area contributed by atoms with Gasteiger partial charge < -0.3 is 24.8 Å². The van der Waals surface area contributed by atoms with Crippen molar-refractivity contribution in [2.75, 3.05) is 32.9 Å². The fourth-order valence-corrected chi connectivity index (χ4v) is 2.46. The van der Waals surface area contributed by atoms with Crippen LogP contribution in [0.25, 0.3) is 0 Å². The summed E-state index contributed by atoms with van der Waals surface area (Å²) < 4.78 is 41.2. The lowest BCUT2D eigenvalue weighted by Gasteiger charge is -2.15. The van der Waals surface area contributed by atoms with Gasteiger partial charge in [-0.2, -0.15) is 8.78 Å². The van der Waals surface area contributed by atoms with E-state index in [1.807, 2.05) is 6.92 Å². The van der Waals surface area contributed by atoms with Gasteiger partial charge in [0.25, 0.3) is 0 Å². The monoisotopic (exact) mass is 385 g/mol. The van der Waals surface area contributed by atoms with Crippen LogP contribution in [0.15, 0.2) is 23.2 Å². The highest BCUT2D eigenvalue weighted by atomic mass is 19.3. The van der Waals surface area contributed by atoms with E-state index in [1.54, 1.807) is 25.1 Å². The van der Waals surface area contributed by atoms with E-state index in [0.717, 1.165) is 12.5 Å². The summed E-state index contributed by atoms with van der Waals surface area (Å²) in [5.41, 5.74) is 0.531. The summed E-state index contributed by atoms with van der Waals surface area (Å²) in [6.07, 6.45) is 2.53. The van der Waals surface area contributed by atoms with Gasteiger partial charge in [0.15, 0.2) is 17.5 Å². The first kappa shape index (κ1) is 21.2. The van der Waals surface area contributed by atoms with Crippen LogP contribution < -0.4 is 20.1 Å². The van der Waals surface area contributed by atoms with Gasteiger partial charge >= 0.3 is 6.61 Å². The summed E-state index contributed by atoms with van der Waals surface area (Å²) in [6, 6.07) is 5.04. The first-order valence-corrected chi connectivity index (χ1v) is 9.43. The fourth-order valence-electron chi connectivity index (χ4n) is 2.46. The lowest BCUT2D eigenvalue weighted by molar-refractivity contribution is -0.0520. The van der Waals surface area contributed by atoms with Crippen molar-refractivity contribution >= 4 is 5.96 Å². The number of ether oxygens (including phenoxy) is 3. The Hall–Kier alpha value is -2.09. The second-order valence-electron chi connectivity index (χ2n) is 6.20. The molecule has 0 radical (unpaired) electrons. The number of halogens is 2. The minimum absolute atomic E-state index is 0.0294. The molecule has 0 amide bonds. The highest BCUT2D eigenvalue weighted by Crippen LogP contribution is 2.33. The first-order chi connectivity index (χ1) is 13.1. The van der Waals surface area contributed by atoms with E-state index in [9.17, 15) is 8.78 Å². The van der Waals surface area contributed by atoms with Crippen molar-refractivity contribution in [3.05, 3.63) is 23.8 Å². The lowest BCUT2D eigenvalue weighted by atomic mass is 10.2. The molecule has 2 rings (SSSR count). The van der Waals surface area contributed by atoms with Crippen LogP contribution in [-0.4, -0.2) is 45.5 Å². The average molecular weight is 385 g/mol. The van der Waals surface area contributed by atoms with Gasteiger partial charge in [0.2, 0.25) is 0 Å². The summed E-state index contributed by atoms with van der Waals surface area (Å²) in [6.45, 7) is 4.08. The van der Waals surface area contributed by atoms with Crippen molar-refractivity contribution in [2.24, 2.45) is 10.9 Å². The highest BCUT2D eigenvalue weighted by molar-refractivity contribution is 5.79. The van der Waals surface area contributed by atoms with E-state index in [-0.39, 0.29) is 18.0 Å². The molecule has 152 valence electrons. The summed E-state index contributed by atoms with van der Waals surface area (Å²) in [5.74, 6) is 1.65. The summed E-state index contributed by atoms with van der Waals surface area (Å²) in [5, 5.41) is 6.31. The first-order valence-electron chi connectivity index (χ1n) is 9.43. The maximum absolute atomic E-state index is 12.8. The van der Waals surface area contributed by atoms with E-state index in [2.05, 4.69) is 20.4 Å². The van der Waals surface area contributed by atoms with Crippen LogP contribution >= 0.6 is 0 Å². The molecule has 0 spiro atoms. The van der Waals surface area contributed by atoms with Crippen LogP contribution in [0.4, 0.5) is 8.78 Å². The number of alkyl halides is 2. The quantitative estimate of drug-likeness (QED) is 0.329. The Kier molecular flexibility index (Phi) is 9.10. The largest absolute Gasteiger partial charge is 0.490 e. The van der Waals surface area contributed by atoms with Crippen LogP contribution in [0, 0.1) is 5.92 Å². The molecule has 6 nitrogen and oxygen atoms in total. The molecule has 27 heavy (non-hydrogen) atoms. The summed E-state index contributed by atoms with van der Waals surface area (Å²) >= 11 is 0. The van der Waals surface area contributed by atoms with Crippen molar-refractivity contribution in [3.8, 4) is 11.5 Å². The molecule has 0 aromatic heterocycles. The second-order valence-corrected chi connectivity index (χ2v) is 6.20. The highest BCUT2D eigenvalue weighted by Gasteiger charge is 2.20. The molecule has 0 saturated heterocycles. The van der Waals surface area contributed by atoms with Crippen LogP contribution in [0.2, 0.25) is 0 Å². The van der Waals surface area contributed by atoms with Gasteiger partial charge in [0, 0.05) is 25.3 Å². The molecule has 1 fully saturated rings. The zero-order chi connectivity index (χ0) is 19.5. The number of nitrogens with zero attached hydrogens (tertiary/aromatic N) is 1. The molecule has 1 aromatic rings. The Morgan fingerprint density at radius 2 is 2.07 bits per heavy atom. The number of nitrogens with one attached hydrogen (secondary N) is 2. The van der Waals surface area contributed by atoms with Crippen molar-refractivity contribution in [1.82, 2.24) is 10.6 Å². The zero-order valence-corrected chi connectivity index (χ0v) is 16.0. The van der Waals surface area contributed by atoms with Crippen molar-refractivity contribution < 1.29 is 23.0 Å². The maximum atomic E-state index is 12.8. The van der Waals surface area contributed by atoms with Gasteiger partial charge in [0.05, 0.1) is 19.8 Å². The van der Waals surface area contributed by atoms with Crippen LogP contribution in [0.1, 0.15) is 32.3 Å². The molecule has 2 N–H and O–H groups in total. The van der Waals surface area contributed by atoms with E-state index in [1.165, 1.54) is 12.8 Å². The number of guanidine groups is 1. The third kappa shape index (κ3) is 7.99. The fraction of sp³-hybridized carbons (Fsp3) is 0.632. The third-order valence-corrected chi connectivity index (χ3v) is 3.91. The molecule has 0 bridgehead atoms. The Bertz CT molecular complexity index is 596. The van der Waals surface area contributed by atoms with Crippen molar-refractivity contribution in [1.29, 1.82) is 0 Å².